The Balaban J connectivity index is 2.12. The van der Waals surface area contributed by atoms with E-state index in [9.17, 15) is 4.79 Å². The van der Waals surface area contributed by atoms with Gasteiger partial charge in [-0.2, -0.15) is 0 Å². The lowest BCUT2D eigenvalue weighted by molar-refractivity contribution is 0.0952. The molecule has 0 spiro atoms. The molecule has 108 valence electrons. The Kier molecular flexibility index (Phi) is 4.66. The topological polar surface area (TPSA) is 66.9 Å². The molecule has 0 saturated carbocycles. The van der Waals surface area contributed by atoms with Crippen molar-refractivity contribution >= 4 is 17.4 Å². The first-order chi connectivity index (χ1) is 10.1. The molecule has 0 unspecified atom stereocenters. The van der Waals surface area contributed by atoms with Crippen LogP contribution >= 0.6 is 0 Å². The molecule has 2 aromatic rings. The molecule has 0 aliphatic heterocycles. The van der Waals surface area contributed by atoms with E-state index in [4.69, 9.17) is 0 Å². The number of aryl methyl sites for hydroxylation is 2. The molecule has 5 nitrogen and oxygen atoms in total. The third kappa shape index (κ3) is 3.66. The minimum absolute atomic E-state index is 0.263. The second-order valence-corrected chi connectivity index (χ2v) is 4.69. The first kappa shape index (κ1) is 14.7. The normalized spacial score (nSPS) is 10.0. The molecule has 0 aliphatic carbocycles. The number of nitrogens with one attached hydrogen (secondary N) is 2. The van der Waals surface area contributed by atoms with E-state index < -0.39 is 0 Å². The highest BCUT2D eigenvalue weighted by molar-refractivity contribution is 5.92. The summed E-state index contributed by atoms with van der Waals surface area (Å²) in [7, 11) is 0. The van der Waals surface area contributed by atoms with Gasteiger partial charge < -0.3 is 10.6 Å². The van der Waals surface area contributed by atoms with E-state index in [0.717, 1.165) is 16.8 Å². The Morgan fingerprint density at radius 2 is 1.90 bits per heavy atom. The number of hydrogen-bond donors (Lipinski definition) is 2. The van der Waals surface area contributed by atoms with Crippen LogP contribution in [0.4, 0.5) is 11.5 Å². The van der Waals surface area contributed by atoms with Gasteiger partial charge in [0.15, 0.2) is 11.5 Å². The van der Waals surface area contributed by atoms with E-state index in [1.165, 1.54) is 0 Å². The maximum Gasteiger partial charge on any atom is 0.272 e. The average molecular weight is 282 g/mol. The highest BCUT2D eigenvalue weighted by Gasteiger charge is 2.08. The van der Waals surface area contributed by atoms with Gasteiger partial charge in [-0.05, 0) is 37.1 Å². The second-order valence-electron chi connectivity index (χ2n) is 4.69. The van der Waals surface area contributed by atoms with Crippen LogP contribution in [-0.2, 0) is 0 Å². The Bertz CT molecular complexity index is 630. The maximum atomic E-state index is 11.7. The number of amides is 1. The number of para-hydroxylation sites is 1. The van der Waals surface area contributed by atoms with Gasteiger partial charge in [0, 0.05) is 12.2 Å². The molecule has 0 fully saturated rings. The van der Waals surface area contributed by atoms with Crippen molar-refractivity contribution < 1.29 is 4.79 Å². The fourth-order valence-corrected chi connectivity index (χ4v) is 1.92. The smallest absolute Gasteiger partial charge is 0.272 e. The first-order valence-electron chi connectivity index (χ1n) is 6.68. The molecule has 0 atom stereocenters. The summed E-state index contributed by atoms with van der Waals surface area (Å²) in [6.07, 6.45) is 1.61. The molecule has 1 aromatic carbocycles. The Morgan fingerprint density at radius 1 is 1.19 bits per heavy atom. The van der Waals surface area contributed by atoms with Crippen LogP contribution in [0, 0.1) is 13.8 Å². The van der Waals surface area contributed by atoms with E-state index in [1.54, 1.807) is 18.2 Å². The number of carbonyl (C=O) groups excluding carboxylic acids is 1. The van der Waals surface area contributed by atoms with Crippen molar-refractivity contribution in [3.05, 3.63) is 59.8 Å². The van der Waals surface area contributed by atoms with Crippen LogP contribution in [0.25, 0.3) is 0 Å². The molecule has 2 N–H and O–H groups in total. The molecule has 0 bridgehead atoms. The average Bonchev–Trinajstić information content (AvgIpc) is 2.49. The van der Waals surface area contributed by atoms with Crippen molar-refractivity contribution in [3.63, 3.8) is 0 Å². The molecule has 1 amide bonds. The Hall–Kier alpha value is -2.69. The van der Waals surface area contributed by atoms with Crippen molar-refractivity contribution in [2.24, 2.45) is 0 Å². The van der Waals surface area contributed by atoms with Gasteiger partial charge >= 0.3 is 0 Å². The lowest BCUT2D eigenvalue weighted by Crippen LogP contribution is -2.24. The predicted octanol–water partition coefficient (Wildman–Crippen LogP) is 2.75. The molecular formula is C16H18N4O. The fourth-order valence-electron chi connectivity index (χ4n) is 1.92. The summed E-state index contributed by atoms with van der Waals surface area (Å²) in [5.41, 5.74) is 3.55. The van der Waals surface area contributed by atoms with Gasteiger partial charge in [-0.3, -0.25) is 4.79 Å². The van der Waals surface area contributed by atoms with Gasteiger partial charge in [0.25, 0.3) is 5.91 Å². The highest BCUT2D eigenvalue weighted by Crippen LogP contribution is 2.22. The van der Waals surface area contributed by atoms with Crippen LogP contribution in [0.3, 0.4) is 0 Å². The minimum atomic E-state index is -0.263. The van der Waals surface area contributed by atoms with Gasteiger partial charge in [-0.1, -0.05) is 24.3 Å². The van der Waals surface area contributed by atoms with Crippen LogP contribution in [0.1, 0.15) is 21.6 Å². The summed E-state index contributed by atoms with van der Waals surface area (Å²) in [5.74, 6) is 0.341. The van der Waals surface area contributed by atoms with E-state index >= 15 is 0 Å². The lowest BCUT2D eigenvalue weighted by atomic mass is 10.1. The van der Waals surface area contributed by atoms with Crippen LogP contribution in [0.15, 0.2) is 43.0 Å². The van der Waals surface area contributed by atoms with Crippen LogP contribution in [0.5, 0.6) is 0 Å². The van der Waals surface area contributed by atoms with Crippen LogP contribution < -0.4 is 10.6 Å². The number of aromatic nitrogens is 2. The van der Waals surface area contributed by atoms with E-state index in [-0.39, 0.29) is 11.6 Å². The highest BCUT2D eigenvalue weighted by atomic mass is 16.1. The van der Waals surface area contributed by atoms with Crippen molar-refractivity contribution in [2.75, 3.05) is 11.9 Å². The number of hydrogen-bond acceptors (Lipinski definition) is 4. The lowest BCUT2D eigenvalue weighted by Gasteiger charge is -2.11. The van der Waals surface area contributed by atoms with Gasteiger partial charge in [0.2, 0.25) is 0 Å². The molecule has 5 heteroatoms. The predicted molar refractivity (Wildman–Crippen MR) is 83.8 cm³/mol. The van der Waals surface area contributed by atoms with Crippen LogP contribution in [0.2, 0.25) is 0 Å². The van der Waals surface area contributed by atoms with Gasteiger partial charge in [0.05, 0.1) is 0 Å². The third-order valence-electron chi connectivity index (χ3n) is 3.04. The van der Waals surface area contributed by atoms with E-state index in [0.29, 0.717) is 12.4 Å². The summed E-state index contributed by atoms with van der Waals surface area (Å²) in [6.45, 7) is 8.00. The monoisotopic (exact) mass is 282 g/mol. The second kappa shape index (κ2) is 6.65. The largest absolute Gasteiger partial charge is 0.347 e. The zero-order valence-corrected chi connectivity index (χ0v) is 12.2. The summed E-state index contributed by atoms with van der Waals surface area (Å²) in [6, 6.07) is 9.44. The zero-order chi connectivity index (χ0) is 15.2. The maximum absolute atomic E-state index is 11.7. The van der Waals surface area contributed by atoms with Gasteiger partial charge in [-0.25, -0.2) is 0 Å². The number of carbonyl (C=O) groups is 1. The molecule has 1 heterocycles. The van der Waals surface area contributed by atoms with E-state index in [2.05, 4.69) is 27.4 Å². The summed E-state index contributed by atoms with van der Waals surface area (Å²) < 4.78 is 0. The molecule has 0 aliphatic rings. The SMILES string of the molecule is C=CCNC(=O)c1ccc(Nc2c(C)cccc2C)nn1. The number of benzene rings is 1. The van der Waals surface area contributed by atoms with Crippen LogP contribution in [-0.4, -0.2) is 22.6 Å². The molecule has 1 aromatic heterocycles. The number of anilines is 2. The Morgan fingerprint density at radius 3 is 2.48 bits per heavy atom. The first-order valence-corrected chi connectivity index (χ1v) is 6.68. The number of nitrogens with zero attached hydrogens (tertiary/aromatic N) is 2. The Labute approximate surface area is 124 Å². The summed E-state index contributed by atoms with van der Waals surface area (Å²) >= 11 is 0. The van der Waals surface area contributed by atoms with E-state index in [1.807, 2.05) is 32.0 Å². The van der Waals surface area contributed by atoms with Gasteiger partial charge in [0.1, 0.15) is 0 Å². The molecule has 2 rings (SSSR count). The minimum Gasteiger partial charge on any atom is -0.347 e. The summed E-state index contributed by atoms with van der Waals surface area (Å²) in [4.78, 5) is 11.7. The molecule has 0 saturated heterocycles. The van der Waals surface area contributed by atoms with Crippen molar-refractivity contribution in [3.8, 4) is 0 Å². The summed E-state index contributed by atoms with van der Waals surface area (Å²) in [5, 5.41) is 13.9. The molecule has 0 radical (unpaired) electrons. The van der Waals surface area contributed by atoms with Gasteiger partial charge in [-0.15, -0.1) is 16.8 Å². The van der Waals surface area contributed by atoms with Crippen molar-refractivity contribution in [1.29, 1.82) is 0 Å². The fraction of sp³-hybridized carbons (Fsp3) is 0.188. The third-order valence-corrected chi connectivity index (χ3v) is 3.04. The van der Waals surface area contributed by atoms with Crippen molar-refractivity contribution in [1.82, 2.24) is 15.5 Å². The van der Waals surface area contributed by atoms with Crippen molar-refractivity contribution in [2.45, 2.75) is 13.8 Å². The quantitative estimate of drug-likeness (QED) is 0.827. The standard InChI is InChI=1S/C16H18N4O/c1-4-10-17-16(21)13-8-9-14(20-19-13)18-15-11(2)6-5-7-12(15)3/h4-9H,1,10H2,2-3H3,(H,17,21)(H,18,20). The number of rotatable bonds is 5. The molecule has 21 heavy (non-hydrogen) atoms. The molecular weight excluding hydrogens is 264 g/mol. The zero-order valence-electron chi connectivity index (χ0n) is 12.2.